The van der Waals surface area contributed by atoms with Gasteiger partial charge in [0.05, 0.1) is 25.1 Å². The molecule has 0 spiro atoms. The van der Waals surface area contributed by atoms with Crippen molar-refractivity contribution in [2.24, 2.45) is 4.99 Å². The highest BCUT2D eigenvalue weighted by Crippen LogP contribution is 2.10. The molecule has 16 heavy (non-hydrogen) atoms. The Bertz CT molecular complexity index is 324. The first-order chi connectivity index (χ1) is 7.76. The summed E-state index contributed by atoms with van der Waals surface area (Å²) in [6, 6.07) is 7.62. The largest absolute Gasteiger partial charge is 0.494 e. The summed E-state index contributed by atoms with van der Waals surface area (Å²) in [5.41, 5.74) is 0.977. The normalized spacial score (nSPS) is 12.9. The molecule has 0 unspecified atom stereocenters. The van der Waals surface area contributed by atoms with Crippen molar-refractivity contribution >= 4 is 17.8 Å². The number of aliphatic hydroxyl groups is 1. The second kappa shape index (κ2) is 7.25. The first-order valence-electron chi connectivity index (χ1n) is 5.23. The number of hydrogen-bond donors (Lipinski definition) is 1. The van der Waals surface area contributed by atoms with Crippen LogP contribution in [0.1, 0.15) is 12.5 Å². The highest BCUT2D eigenvalue weighted by atomic mass is 35.5. The van der Waals surface area contributed by atoms with Crippen LogP contribution in [0.15, 0.2) is 29.3 Å². The Morgan fingerprint density at radius 3 is 2.69 bits per heavy atom. The molecule has 0 radical (unpaired) electrons. The van der Waals surface area contributed by atoms with Crippen LogP contribution in [-0.4, -0.2) is 36.5 Å². The van der Waals surface area contributed by atoms with Crippen LogP contribution < -0.4 is 4.74 Å². The lowest BCUT2D eigenvalue weighted by atomic mass is 10.2. The van der Waals surface area contributed by atoms with Crippen LogP contribution in [0.4, 0.5) is 0 Å². The number of nitrogens with zero attached hydrogens (tertiary/aromatic N) is 1. The number of aliphatic hydroxyl groups excluding tert-OH is 1. The molecule has 4 heteroatoms. The Morgan fingerprint density at radius 2 is 2.12 bits per heavy atom. The smallest absolute Gasteiger partial charge is 0.119 e. The minimum Gasteiger partial charge on any atom is -0.494 e. The lowest BCUT2D eigenvalue weighted by molar-refractivity contribution is 0.207. The summed E-state index contributed by atoms with van der Waals surface area (Å²) < 4.78 is 5.32. The molecule has 0 heterocycles. The molecule has 1 aromatic carbocycles. The molecule has 0 bridgehead atoms. The van der Waals surface area contributed by atoms with Crippen molar-refractivity contribution in [3.8, 4) is 5.75 Å². The number of rotatable bonds is 6. The minimum absolute atomic E-state index is 0.209. The van der Waals surface area contributed by atoms with Gasteiger partial charge in [0, 0.05) is 6.21 Å². The van der Waals surface area contributed by atoms with E-state index in [2.05, 4.69) is 4.99 Å². The van der Waals surface area contributed by atoms with Gasteiger partial charge in [-0.05, 0) is 36.8 Å². The fourth-order valence-corrected chi connectivity index (χ4v) is 1.24. The third-order valence-electron chi connectivity index (χ3n) is 1.93. The van der Waals surface area contributed by atoms with Gasteiger partial charge >= 0.3 is 0 Å². The molecule has 1 N–H and O–H groups in total. The number of ether oxygens (including phenoxy) is 1. The van der Waals surface area contributed by atoms with Crippen molar-refractivity contribution in [2.45, 2.75) is 13.0 Å². The van der Waals surface area contributed by atoms with Crippen LogP contribution in [0.25, 0.3) is 0 Å². The molecule has 0 aliphatic heterocycles. The molecule has 3 nitrogen and oxygen atoms in total. The Labute approximate surface area is 101 Å². The molecule has 0 aliphatic carbocycles. The highest BCUT2D eigenvalue weighted by molar-refractivity contribution is 6.18. The number of aliphatic imine (C=N–C) groups is 1. The average molecular weight is 242 g/mol. The molecule has 88 valence electrons. The van der Waals surface area contributed by atoms with E-state index in [1.165, 1.54) is 0 Å². The van der Waals surface area contributed by atoms with Crippen LogP contribution in [0.2, 0.25) is 0 Å². The third kappa shape index (κ3) is 4.64. The van der Waals surface area contributed by atoms with E-state index in [1.807, 2.05) is 31.2 Å². The topological polar surface area (TPSA) is 41.8 Å². The maximum absolute atomic E-state index is 9.18. The van der Waals surface area contributed by atoms with Crippen molar-refractivity contribution < 1.29 is 9.84 Å². The Hall–Kier alpha value is -1.06. The molecule has 0 saturated carbocycles. The van der Waals surface area contributed by atoms with Crippen molar-refractivity contribution in [1.82, 2.24) is 0 Å². The first-order valence-corrected chi connectivity index (χ1v) is 5.76. The lowest BCUT2D eigenvalue weighted by Crippen LogP contribution is -2.12. The first kappa shape index (κ1) is 13.0. The standard InChI is InChI=1S/C12H16ClNO2/c1-2-16-12-5-3-10(4-6-12)8-14-9-11(15)7-13/h3-6,8,11,15H,2,7,9H2,1H3/t11-/m1/s1. The average Bonchev–Trinajstić information content (AvgIpc) is 2.31. The van der Waals surface area contributed by atoms with Crippen LogP contribution in [-0.2, 0) is 0 Å². The van der Waals surface area contributed by atoms with E-state index in [-0.39, 0.29) is 5.88 Å². The zero-order chi connectivity index (χ0) is 11.8. The van der Waals surface area contributed by atoms with Gasteiger partial charge in [-0.3, -0.25) is 4.99 Å². The summed E-state index contributed by atoms with van der Waals surface area (Å²) >= 11 is 5.45. The van der Waals surface area contributed by atoms with Gasteiger partial charge in [-0.25, -0.2) is 0 Å². The van der Waals surface area contributed by atoms with Crippen LogP contribution in [0, 0.1) is 0 Å². The number of hydrogen-bond acceptors (Lipinski definition) is 3. The van der Waals surface area contributed by atoms with Crippen molar-refractivity contribution in [2.75, 3.05) is 19.0 Å². The van der Waals surface area contributed by atoms with Crippen LogP contribution >= 0.6 is 11.6 Å². The van der Waals surface area contributed by atoms with Gasteiger partial charge in [0.15, 0.2) is 0 Å². The van der Waals surface area contributed by atoms with E-state index in [4.69, 9.17) is 16.3 Å². The molecule has 0 saturated heterocycles. The van der Waals surface area contributed by atoms with Gasteiger partial charge in [-0.15, -0.1) is 11.6 Å². The summed E-state index contributed by atoms with van der Waals surface area (Å²) in [7, 11) is 0. The summed E-state index contributed by atoms with van der Waals surface area (Å²) in [4.78, 5) is 4.09. The Balaban J connectivity index is 2.48. The quantitative estimate of drug-likeness (QED) is 0.612. The summed E-state index contributed by atoms with van der Waals surface area (Å²) in [5.74, 6) is 1.06. The second-order valence-corrected chi connectivity index (χ2v) is 3.61. The number of alkyl halides is 1. The van der Waals surface area contributed by atoms with Gasteiger partial charge in [0.25, 0.3) is 0 Å². The summed E-state index contributed by atoms with van der Waals surface area (Å²) in [5, 5.41) is 9.18. The van der Waals surface area contributed by atoms with E-state index in [9.17, 15) is 5.11 Å². The molecular weight excluding hydrogens is 226 g/mol. The molecule has 0 aromatic heterocycles. The molecule has 1 aromatic rings. The zero-order valence-corrected chi connectivity index (χ0v) is 10.0. The van der Waals surface area contributed by atoms with E-state index in [1.54, 1.807) is 6.21 Å². The third-order valence-corrected chi connectivity index (χ3v) is 2.28. The van der Waals surface area contributed by atoms with E-state index in [0.29, 0.717) is 13.2 Å². The van der Waals surface area contributed by atoms with Gasteiger partial charge in [0.2, 0.25) is 0 Å². The summed E-state index contributed by atoms with van der Waals surface area (Å²) in [6.07, 6.45) is 1.14. The molecular formula is C12H16ClNO2. The van der Waals surface area contributed by atoms with E-state index in [0.717, 1.165) is 11.3 Å². The van der Waals surface area contributed by atoms with E-state index >= 15 is 0 Å². The molecule has 0 fully saturated rings. The Morgan fingerprint density at radius 1 is 1.44 bits per heavy atom. The van der Waals surface area contributed by atoms with Gasteiger partial charge in [0.1, 0.15) is 5.75 Å². The minimum atomic E-state index is -0.569. The molecule has 1 rings (SSSR count). The lowest BCUT2D eigenvalue weighted by Gasteiger charge is -2.03. The number of halogens is 1. The monoisotopic (exact) mass is 241 g/mol. The molecule has 0 aliphatic rings. The van der Waals surface area contributed by atoms with Gasteiger partial charge in [-0.2, -0.15) is 0 Å². The van der Waals surface area contributed by atoms with Crippen molar-refractivity contribution in [1.29, 1.82) is 0 Å². The molecule has 0 amide bonds. The van der Waals surface area contributed by atoms with Crippen LogP contribution in [0.3, 0.4) is 0 Å². The van der Waals surface area contributed by atoms with Gasteiger partial charge in [-0.1, -0.05) is 0 Å². The Kier molecular flexibility index (Phi) is 5.90. The van der Waals surface area contributed by atoms with Gasteiger partial charge < -0.3 is 9.84 Å². The maximum Gasteiger partial charge on any atom is 0.119 e. The van der Waals surface area contributed by atoms with Crippen molar-refractivity contribution in [3.05, 3.63) is 29.8 Å². The predicted octanol–water partition coefficient (Wildman–Crippen LogP) is 2.10. The number of benzene rings is 1. The highest BCUT2D eigenvalue weighted by Gasteiger charge is 1.98. The summed E-state index contributed by atoms with van der Waals surface area (Å²) in [6.45, 7) is 2.94. The van der Waals surface area contributed by atoms with Crippen LogP contribution in [0.5, 0.6) is 5.75 Å². The maximum atomic E-state index is 9.18. The van der Waals surface area contributed by atoms with E-state index < -0.39 is 6.10 Å². The SMILES string of the molecule is CCOc1ccc(C=NC[C@H](O)CCl)cc1. The zero-order valence-electron chi connectivity index (χ0n) is 9.27. The second-order valence-electron chi connectivity index (χ2n) is 3.30. The fourth-order valence-electron chi connectivity index (χ4n) is 1.15. The molecule has 1 atom stereocenters. The predicted molar refractivity (Wildman–Crippen MR) is 66.8 cm³/mol. The fraction of sp³-hybridized carbons (Fsp3) is 0.417. The van der Waals surface area contributed by atoms with Crippen molar-refractivity contribution in [3.63, 3.8) is 0 Å².